The van der Waals surface area contributed by atoms with Gasteiger partial charge in [-0.25, -0.2) is 4.68 Å². The number of phenols is 1. The topological polar surface area (TPSA) is 105 Å². The highest BCUT2D eigenvalue weighted by molar-refractivity contribution is 5.85. The van der Waals surface area contributed by atoms with E-state index in [0.717, 1.165) is 48.1 Å². The van der Waals surface area contributed by atoms with Gasteiger partial charge in [0.15, 0.2) is 5.65 Å². The zero-order valence-corrected chi connectivity index (χ0v) is 15.9. The molecular formula is C19H20ClN7O. The number of benzene rings is 1. The van der Waals surface area contributed by atoms with Crippen molar-refractivity contribution in [3.05, 3.63) is 42.9 Å². The molecule has 0 unspecified atom stereocenters. The number of nitrogens with zero attached hydrogens (tertiary/aromatic N) is 5. The Hall–Kier alpha value is -2.97. The molecule has 5 rings (SSSR count). The third-order valence-electron chi connectivity index (χ3n) is 5.10. The minimum absolute atomic E-state index is 0. The van der Waals surface area contributed by atoms with Gasteiger partial charge in [0, 0.05) is 22.7 Å². The van der Waals surface area contributed by atoms with E-state index in [1.807, 2.05) is 29.1 Å². The van der Waals surface area contributed by atoms with E-state index in [1.165, 1.54) is 0 Å². The van der Waals surface area contributed by atoms with E-state index in [4.69, 9.17) is 0 Å². The van der Waals surface area contributed by atoms with E-state index in [0.29, 0.717) is 17.3 Å². The van der Waals surface area contributed by atoms with Gasteiger partial charge in [0.25, 0.3) is 0 Å². The molecular weight excluding hydrogens is 378 g/mol. The fourth-order valence-electron chi connectivity index (χ4n) is 3.64. The molecule has 144 valence electrons. The van der Waals surface area contributed by atoms with Gasteiger partial charge in [-0.2, -0.15) is 10.2 Å². The van der Waals surface area contributed by atoms with Crippen LogP contribution in [0.5, 0.6) is 5.75 Å². The largest absolute Gasteiger partial charge is 0.507 e. The molecule has 8 nitrogen and oxygen atoms in total. The second kappa shape index (κ2) is 7.57. The van der Waals surface area contributed by atoms with Crippen molar-refractivity contribution in [2.24, 2.45) is 0 Å². The minimum atomic E-state index is 0. The monoisotopic (exact) mass is 397 g/mol. The Labute approximate surface area is 167 Å². The first-order chi connectivity index (χ1) is 13.3. The summed E-state index contributed by atoms with van der Waals surface area (Å²) < 4.78 is 1.98. The summed E-state index contributed by atoms with van der Waals surface area (Å²) in [5, 5.41) is 34.8. The second-order valence-electron chi connectivity index (χ2n) is 6.80. The summed E-state index contributed by atoms with van der Waals surface area (Å²) in [5.74, 6) is 0.160. The molecule has 1 fully saturated rings. The van der Waals surface area contributed by atoms with Crippen LogP contribution in [-0.4, -0.2) is 48.4 Å². The summed E-state index contributed by atoms with van der Waals surface area (Å²) in [6.07, 6.45) is 7.41. The maximum absolute atomic E-state index is 10.5. The smallest absolute Gasteiger partial charge is 0.180 e. The summed E-state index contributed by atoms with van der Waals surface area (Å²) in [4.78, 5) is 0. The quantitative estimate of drug-likeness (QED) is 0.491. The Morgan fingerprint density at radius 1 is 1.04 bits per heavy atom. The summed E-state index contributed by atoms with van der Waals surface area (Å²) in [6.45, 7) is 1.99. The number of phenolic OH excluding ortho intramolecular Hbond substituents is 1. The molecule has 1 aliphatic rings. The Morgan fingerprint density at radius 3 is 2.64 bits per heavy atom. The van der Waals surface area contributed by atoms with E-state index in [1.54, 1.807) is 18.5 Å². The van der Waals surface area contributed by atoms with Crippen molar-refractivity contribution in [3.63, 3.8) is 0 Å². The lowest BCUT2D eigenvalue weighted by Crippen LogP contribution is -2.29. The lowest BCUT2D eigenvalue weighted by Gasteiger charge is -2.23. The number of aromatic nitrogens is 6. The van der Waals surface area contributed by atoms with Gasteiger partial charge in [0.2, 0.25) is 0 Å². The molecule has 0 aliphatic carbocycles. The predicted octanol–water partition coefficient (Wildman–Crippen LogP) is 2.94. The summed E-state index contributed by atoms with van der Waals surface area (Å²) >= 11 is 0. The maximum atomic E-state index is 10.5. The molecule has 3 N–H and O–H groups in total. The summed E-state index contributed by atoms with van der Waals surface area (Å²) in [5.41, 5.74) is 3.87. The number of hydrogen-bond acceptors (Lipinski definition) is 6. The van der Waals surface area contributed by atoms with Crippen LogP contribution in [0.1, 0.15) is 18.9 Å². The number of fused-ring (bicyclic) bond motifs is 1. The maximum Gasteiger partial charge on any atom is 0.180 e. The molecule has 4 aromatic rings. The van der Waals surface area contributed by atoms with Crippen LogP contribution >= 0.6 is 12.4 Å². The Morgan fingerprint density at radius 2 is 1.89 bits per heavy atom. The van der Waals surface area contributed by atoms with Crippen molar-refractivity contribution in [2.45, 2.75) is 18.9 Å². The van der Waals surface area contributed by atoms with Crippen molar-refractivity contribution in [1.29, 1.82) is 0 Å². The zero-order chi connectivity index (χ0) is 18.2. The highest BCUT2D eigenvalue weighted by atomic mass is 35.5. The standard InChI is InChI=1S/C19H19N7O.ClH/c27-18-8-12(14-9-21-22-10-14)1-2-16(18)17-7-13-11-23-26(19(13)25-24-17)15-3-5-20-6-4-15;/h1-2,7-11,15,20,27H,3-6H2,(H,21,22);1H. The normalized spacial score (nSPS) is 14.9. The predicted molar refractivity (Wildman–Crippen MR) is 108 cm³/mol. The van der Waals surface area contributed by atoms with Crippen LogP contribution in [0.3, 0.4) is 0 Å². The fraction of sp³-hybridized carbons (Fsp3) is 0.263. The van der Waals surface area contributed by atoms with E-state index < -0.39 is 0 Å². The molecule has 28 heavy (non-hydrogen) atoms. The molecule has 0 atom stereocenters. The highest BCUT2D eigenvalue weighted by Gasteiger charge is 2.19. The van der Waals surface area contributed by atoms with Gasteiger partial charge in [-0.3, -0.25) is 5.10 Å². The van der Waals surface area contributed by atoms with Gasteiger partial charge >= 0.3 is 0 Å². The van der Waals surface area contributed by atoms with Gasteiger partial charge in [-0.1, -0.05) is 6.07 Å². The number of halogens is 1. The molecule has 9 heteroatoms. The molecule has 1 aliphatic heterocycles. The lowest BCUT2D eigenvalue weighted by atomic mass is 10.0. The third kappa shape index (κ3) is 3.21. The van der Waals surface area contributed by atoms with Crippen LogP contribution in [0.2, 0.25) is 0 Å². The third-order valence-corrected chi connectivity index (χ3v) is 5.10. The van der Waals surface area contributed by atoms with Crippen LogP contribution in [-0.2, 0) is 0 Å². The first-order valence-corrected chi connectivity index (χ1v) is 9.04. The van der Waals surface area contributed by atoms with Crippen molar-refractivity contribution in [1.82, 2.24) is 35.5 Å². The Bertz CT molecular complexity index is 1090. The number of aromatic hydroxyl groups is 1. The van der Waals surface area contributed by atoms with Gasteiger partial charge in [-0.15, -0.1) is 22.6 Å². The first kappa shape index (κ1) is 18.4. The van der Waals surface area contributed by atoms with Crippen molar-refractivity contribution in [3.8, 4) is 28.1 Å². The average Bonchev–Trinajstić information content (AvgIpc) is 3.38. The first-order valence-electron chi connectivity index (χ1n) is 9.04. The van der Waals surface area contributed by atoms with E-state index in [2.05, 4.69) is 30.8 Å². The number of hydrogen-bond donors (Lipinski definition) is 3. The minimum Gasteiger partial charge on any atom is -0.507 e. The Balaban J connectivity index is 0.00000192. The summed E-state index contributed by atoms with van der Waals surface area (Å²) in [6, 6.07) is 7.78. The van der Waals surface area contributed by atoms with Crippen LogP contribution in [0.25, 0.3) is 33.4 Å². The van der Waals surface area contributed by atoms with Crippen molar-refractivity contribution in [2.75, 3.05) is 13.1 Å². The van der Waals surface area contributed by atoms with E-state index in [-0.39, 0.29) is 18.2 Å². The number of aromatic amines is 1. The van der Waals surface area contributed by atoms with Gasteiger partial charge in [0.05, 0.1) is 24.1 Å². The van der Waals surface area contributed by atoms with Crippen LogP contribution in [0, 0.1) is 0 Å². The van der Waals surface area contributed by atoms with Crippen LogP contribution in [0.4, 0.5) is 0 Å². The molecule has 0 amide bonds. The molecule has 0 radical (unpaired) electrons. The van der Waals surface area contributed by atoms with E-state index in [9.17, 15) is 5.11 Å². The molecule has 4 heterocycles. The zero-order valence-electron chi connectivity index (χ0n) is 15.0. The number of H-pyrrole nitrogens is 1. The number of rotatable bonds is 3. The Kier molecular flexibility index (Phi) is 4.97. The van der Waals surface area contributed by atoms with Crippen molar-refractivity contribution < 1.29 is 5.11 Å². The number of nitrogens with one attached hydrogen (secondary N) is 2. The average molecular weight is 398 g/mol. The molecule has 0 bridgehead atoms. The summed E-state index contributed by atoms with van der Waals surface area (Å²) in [7, 11) is 0. The van der Waals surface area contributed by atoms with E-state index >= 15 is 0 Å². The molecule has 0 saturated carbocycles. The van der Waals surface area contributed by atoms with Crippen molar-refractivity contribution >= 4 is 23.4 Å². The van der Waals surface area contributed by atoms with Crippen LogP contribution < -0.4 is 5.32 Å². The second-order valence-corrected chi connectivity index (χ2v) is 6.80. The molecule has 1 saturated heterocycles. The van der Waals surface area contributed by atoms with Gasteiger partial charge in [-0.05, 0) is 49.7 Å². The fourth-order valence-corrected chi connectivity index (χ4v) is 3.64. The van der Waals surface area contributed by atoms with Crippen LogP contribution in [0.15, 0.2) is 42.9 Å². The molecule has 3 aromatic heterocycles. The van der Waals surface area contributed by atoms with Gasteiger partial charge < -0.3 is 10.4 Å². The lowest BCUT2D eigenvalue weighted by molar-refractivity contribution is 0.349. The number of piperidine rings is 1. The molecule has 1 aromatic carbocycles. The highest BCUT2D eigenvalue weighted by Crippen LogP contribution is 2.33. The van der Waals surface area contributed by atoms with Gasteiger partial charge in [0.1, 0.15) is 5.75 Å². The SMILES string of the molecule is Cl.Oc1cc(-c2cn[nH]c2)ccc1-c1cc2cnn(C3CCNCC3)c2nn1. The molecule has 0 spiro atoms.